The maximum Gasteiger partial charge on any atom is 0.211 e. The zero-order valence-corrected chi connectivity index (χ0v) is 9.24. The first-order chi connectivity index (χ1) is 7.37. The van der Waals surface area contributed by atoms with Crippen molar-refractivity contribution in [1.29, 1.82) is 0 Å². The van der Waals surface area contributed by atoms with Gasteiger partial charge < -0.3 is 0 Å². The van der Waals surface area contributed by atoms with Gasteiger partial charge >= 0.3 is 0 Å². The molecule has 0 amide bonds. The Labute approximate surface area is 91.3 Å². The van der Waals surface area contributed by atoms with Gasteiger partial charge in [0.1, 0.15) is 0 Å². The van der Waals surface area contributed by atoms with Gasteiger partial charge in [0.05, 0.1) is 5.75 Å². The molecule has 0 atom stereocenters. The van der Waals surface area contributed by atoms with E-state index in [9.17, 15) is 21.6 Å². The first-order valence-corrected chi connectivity index (χ1v) is 6.12. The molecule has 0 aromatic heterocycles. The van der Waals surface area contributed by atoms with Crippen LogP contribution in [-0.4, -0.2) is 14.2 Å². The van der Waals surface area contributed by atoms with E-state index in [1.54, 1.807) is 0 Å². The highest BCUT2D eigenvalue weighted by atomic mass is 32.2. The van der Waals surface area contributed by atoms with Crippen molar-refractivity contribution in [3.8, 4) is 0 Å². The number of halogens is 3. The molecule has 0 aliphatic rings. The molecule has 0 saturated carbocycles. The lowest BCUT2D eigenvalue weighted by Crippen LogP contribution is -2.25. The van der Waals surface area contributed by atoms with Crippen LogP contribution in [0.15, 0.2) is 12.1 Å². The van der Waals surface area contributed by atoms with Crippen molar-refractivity contribution in [2.75, 3.05) is 5.75 Å². The van der Waals surface area contributed by atoms with Crippen LogP contribution in [0, 0.1) is 17.5 Å². The van der Waals surface area contributed by atoms with Crippen LogP contribution in [-0.2, 0) is 16.6 Å². The molecule has 0 unspecified atom stereocenters. The molecule has 3 nitrogen and oxygen atoms in total. The summed E-state index contributed by atoms with van der Waals surface area (Å²) >= 11 is 0. The van der Waals surface area contributed by atoms with Crippen molar-refractivity contribution < 1.29 is 21.6 Å². The van der Waals surface area contributed by atoms with Crippen LogP contribution in [0.5, 0.6) is 0 Å². The molecule has 1 aromatic rings. The summed E-state index contributed by atoms with van der Waals surface area (Å²) in [4.78, 5) is 0. The van der Waals surface area contributed by atoms with Gasteiger partial charge in [-0.3, -0.25) is 0 Å². The minimum Gasteiger partial charge on any atom is -0.212 e. The molecule has 0 aliphatic heterocycles. The number of benzene rings is 1. The highest BCUT2D eigenvalue weighted by molar-refractivity contribution is 7.89. The van der Waals surface area contributed by atoms with E-state index in [-0.39, 0.29) is 11.3 Å². The molecular formula is C9H10F3NO2S. The standard InChI is InChI=1S/C9H10F3NO2S/c1-2-16(14,15)13-5-6-3-4-7(10)9(12)8(6)11/h3-4,13H,2,5H2,1H3. The van der Waals surface area contributed by atoms with Crippen LogP contribution < -0.4 is 4.72 Å². The van der Waals surface area contributed by atoms with Gasteiger partial charge in [0.2, 0.25) is 10.0 Å². The van der Waals surface area contributed by atoms with Gasteiger partial charge in [0.15, 0.2) is 17.5 Å². The topological polar surface area (TPSA) is 46.2 Å². The van der Waals surface area contributed by atoms with Crippen LogP contribution in [0.1, 0.15) is 12.5 Å². The molecule has 1 N–H and O–H groups in total. The molecule has 1 aromatic carbocycles. The van der Waals surface area contributed by atoms with Crippen molar-refractivity contribution in [2.45, 2.75) is 13.5 Å². The van der Waals surface area contributed by atoms with Crippen molar-refractivity contribution in [3.63, 3.8) is 0 Å². The van der Waals surface area contributed by atoms with E-state index >= 15 is 0 Å². The Kier molecular flexibility index (Phi) is 3.93. The summed E-state index contributed by atoms with van der Waals surface area (Å²) in [6.45, 7) is 1.00. The summed E-state index contributed by atoms with van der Waals surface area (Å²) in [6, 6.07) is 1.74. The van der Waals surface area contributed by atoms with Crippen LogP contribution in [0.4, 0.5) is 13.2 Å². The fourth-order valence-electron chi connectivity index (χ4n) is 0.992. The number of hydrogen-bond acceptors (Lipinski definition) is 2. The second-order valence-corrected chi connectivity index (χ2v) is 5.15. The minimum atomic E-state index is -3.49. The van der Waals surface area contributed by atoms with Gasteiger partial charge in [-0.1, -0.05) is 6.07 Å². The lowest BCUT2D eigenvalue weighted by molar-refractivity contribution is 0.440. The number of nitrogens with one attached hydrogen (secondary N) is 1. The second-order valence-electron chi connectivity index (χ2n) is 3.06. The van der Waals surface area contributed by atoms with Gasteiger partial charge in [-0.2, -0.15) is 0 Å². The lowest BCUT2D eigenvalue weighted by Gasteiger charge is -2.06. The summed E-state index contributed by atoms with van der Waals surface area (Å²) in [5, 5.41) is 0. The molecule has 0 aliphatic carbocycles. The summed E-state index contributed by atoms with van der Waals surface area (Å²) in [5.74, 6) is -4.45. The molecule has 90 valence electrons. The average molecular weight is 253 g/mol. The largest absolute Gasteiger partial charge is 0.212 e. The Morgan fingerprint density at radius 1 is 1.19 bits per heavy atom. The minimum absolute atomic E-state index is 0.168. The fourth-order valence-corrected chi connectivity index (χ4v) is 1.57. The maximum absolute atomic E-state index is 13.1. The smallest absolute Gasteiger partial charge is 0.211 e. The molecule has 16 heavy (non-hydrogen) atoms. The van der Waals surface area contributed by atoms with E-state index in [1.807, 2.05) is 0 Å². The first-order valence-electron chi connectivity index (χ1n) is 4.47. The molecule has 0 fully saturated rings. The molecule has 0 saturated heterocycles. The Morgan fingerprint density at radius 2 is 1.81 bits per heavy atom. The van der Waals surface area contributed by atoms with E-state index in [2.05, 4.69) is 4.72 Å². The van der Waals surface area contributed by atoms with Crippen LogP contribution >= 0.6 is 0 Å². The monoisotopic (exact) mass is 253 g/mol. The molecular weight excluding hydrogens is 243 g/mol. The fraction of sp³-hybridized carbons (Fsp3) is 0.333. The van der Waals surface area contributed by atoms with Crippen molar-refractivity contribution >= 4 is 10.0 Å². The summed E-state index contributed by atoms with van der Waals surface area (Å²) in [7, 11) is -3.49. The van der Waals surface area contributed by atoms with Crippen molar-refractivity contribution in [3.05, 3.63) is 35.1 Å². The quantitative estimate of drug-likeness (QED) is 0.827. The summed E-state index contributed by atoms with van der Waals surface area (Å²) in [5.41, 5.74) is -0.240. The lowest BCUT2D eigenvalue weighted by atomic mass is 10.2. The Bertz CT molecular complexity index is 488. The number of hydrogen-bond donors (Lipinski definition) is 1. The zero-order valence-electron chi connectivity index (χ0n) is 8.43. The third-order valence-corrected chi connectivity index (χ3v) is 3.32. The number of sulfonamides is 1. The predicted octanol–water partition coefficient (Wildman–Crippen LogP) is 1.54. The summed E-state index contributed by atoms with van der Waals surface area (Å²) < 4.78 is 62.5. The third-order valence-electron chi connectivity index (χ3n) is 1.98. The molecule has 0 bridgehead atoms. The predicted molar refractivity (Wildman–Crippen MR) is 52.6 cm³/mol. The van der Waals surface area contributed by atoms with Crippen LogP contribution in [0.25, 0.3) is 0 Å². The maximum atomic E-state index is 13.1. The van der Waals surface area contributed by atoms with Crippen molar-refractivity contribution in [2.24, 2.45) is 0 Å². The van der Waals surface area contributed by atoms with E-state index in [1.165, 1.54) is 6.92 Å². The van der Waals surface area contributed by atoms with Gasteiger partial charge in [-0.05, 0) is 13.0 Å². The highest BCUT2D eigenvalue weighted by Crippen LogP contribution is 2.15. The Balaban J connectivity index is 2.88. The van der Waals surface area contributed by atoms with E-state index < -0.39 is 34.0 Å². The molecule has 0 heterocycles. The molecule has 0 radical (unpaired) electrons. The summed E-state index contributed by atoms with van der Waals surface area (Å²) in [6.07, 6.45) is 0. The van der Waals surface area contributed by atoms with Gasteiger partial charge in [0.25, 0.3) is 0 Å². The average Bonchev–Trinajstić information content (AvgIpc) is 2.25. The van der Waals surface area contributed by atoms with Gasteiger partial charge in [-0.25, -0.2) is 26.3 Å². The second kappa shape index (κ2) is 4.84. The zero-order chi connectivity index (χ0) is 12.3. The first kappa shape index (κ1) is 13.0. The molecule has 0 spiro atoms. The Morgan fingerprint density at radius 3 is 2.38 bits per heavy atom. The Hall–Kier alpha value is -1.08. The highest BCUT2D eigenvalue weighted by Gasteiger charge is 2.14. The number of rotatable bonds is 4. The molecule has 7 heteroatoms. The van der Waals surface area contributed by atoms with Crippen LogP contribution in [0.2, 0.25) is 0 Å². The third kappa shape index (κ3) is 2.96. The van der Waals surface area contributed by atoms with Crippen molar-refractivity contribution in [1.82, 2.24) is 4.72 Å². The van der Waals surface area contributed by atoms with E-state index in [4.69, 9.17) is 0 Å². The van der Waals surface area contributed by atoms with Gasteiger partial charge in [-0.15, -0.1) is 0 Å². The normalized spacial score (nSPS) is 11.8. The SMILES string of the molecule is CCS(=O)(=O)NCc1ccc(F)c(F)c1F. The van der Waals surface area contributed by atoms with E-state index in [0.29, 0.717) is 0 Å². The van der Waals surface area contributed by atoms with Gasteiger partial charge in [0, 0.05) is 12.1 Å². The molecule has 1 rings (SSSR count). The van der Waals surface area contributed by atoms with E-state index in [0.717, 1.165) is 12.1 Å². The van der Waals surface area contributed by atoms with Crippen LogP contribution in [0.3, 0.4) is 0 Å².